The van der Waals surface area contributed by atoms with E-state index in [1.54, 1.807) is 11.9 Å². The van der Waals surface area contributed by atoms with Gasteiger partial charge in [-0.2, -0.15) is 0 Å². The quantitative estimate of drug-likeness (QED) is 0.912. The van der Waals surface area contributed by atoms with Crippen molar-refractivity contribution in [2.24, 2.45) is 5.92 Å². The van der Waals surface area contributed by atoms with Crippen molar-refractivity contribution in [3.8, 4) is 0 Å². The number of hydrogen-bond donors (Lipinski definition) is 1. The number of amides is 1. The lowest BCUT2D eigenvalue weighted by molar-refractivity contribution is 0.0618. The van der Waals surface area contributed by atoms with Crippen LogP contribution in [0.4, 0.5) is 0 Å². The maximum Gasteiger partial charge on any atom is 0.371 e. The van der Waals surface area contributed by atoms with Crippen LogP contribution in [0.25, 0.3) is 0 Å². The highest BCUT2D eigenvalue weighted by Gasteiger charge is 2.27. The van der Waals surface area contributed by atoms with Crippen molar-refractivity contribution in [3.05, 3.63) is 23.7 Å². The minimum Gasteiger partial charge on any atom is -0.475 e. The average Bonchev–Trinajstić information content (AvgIpc) is 2.86. The van der Waals surface area contributed by atoms with Crippen LogP contribution in [-0.4, -0.2) is 35.0 Å². The minimum absolute atomic E-state index is 0.0955. The fraction of sp³-hybridized carbons (Fsp3) is 0.571. The molecule has 1 amide bonds. The average molecular weight is 265 g/mol. The van der Waals surface area contributed by atoms with E-state index in [1.807, 2.05) is 0 Å². The zero-order valence-electron chi connectivity index (χ0n) is 11.3. The second kappa shape index (κ2) is 5.47. The molecule has 5 nitrogen and oxygen atoms in total. The number of aromatic carboxylic acids is 1. The highest BCUT2D eigenvalue weighted by molar-refractivity contribution is 5.93. The molecule has 1 aliphatic carbocycles. The van der Waals surface area contributed by atoms with Crippen LogP contribution in [0.1, 0.15) is 53.7 Å². The van der Waals surface area contributed by atoms with Crippen LogP contribution >= 0.6 is 0 Å². The van der Waals surface area contributed by atoms with Crippen molar-refractivity contribution in [1.82, 2.24) is 4.90 Å². The molecule has 0 aliphatic heterocycles. The molecule has 0 saturated heterocycles. The molecule has 1 aliphatic rings. The monoisotopic (exact) mass is 265 g/mol. The molecule has 1 heterocycles. The van der Waals surface area contributed by atoms with E-state index in [0.29, 0.717) is 5.92 Å². The van der Waals surface area contributed by atoms with Crippen LogP contribution < -0.4 is 0 Å². The van der Waals surface area contributed by atoms with Gasteiger partial charge in [-0.05, 0) is 30.9 Å². The zero-order chi connectivity index (χ0) is 14.0. The summed E-state index contributed by atoms with van der Waals surface area (Å²) in [5.41, 5.74) is 0. The number of rotatable bonds is 3. The van der Waals surface area contributed by atoms with Gasteiger partial charge >= 0.3 is 5.97 Å². The van der Waals surface area contributed by atoms with Crippen LogP contribution in [0.2, 0.25) is 0 Å². The van der Waals surface area contributed by atoms with Crippen molar-refractivity contribution < 1.29 is 19.1 Å². The third-order valence-electron chi connectivity index (χ3n) is 3.80. The van der Waals surface area contributed by atoms with Gasteiger partial charge in [0.05, 0.1) is 0 Å². The second-order valence-electron chi connectivity index (χ2n) is 5.31. The standard InChI is InChI=1S/C14H19NO4/c1-9-4-3-5-10(8-9)15(2)13(16)11-6-7-12(19-11)14(17)18/h6-7,9-10H,3-5,8H2,1-2H3,(H,17,18). The normalized spacial score (nSPS) is 23.1. The van der Waals surface area contributed by atoms with Gasteiger partial charge in [-0.3, -0.25) is 4.79 Å². The first kappa shape index (κ1) is 13.6. The molecule has 0 aromatic carbocycles. The first-order valence-corrected chi connectivity index (χ1v) is 6.59. The van der Waals surface area contributed by atoms with E-state index in [-0.39, 0.29) is 23.5 Å². The van der Waals surface area contributed by atoms with Crippen molar-refractivity contribution in [1.29, 1.82) is 0 Å². The molecule has 1 aromatic heterocycles. The summed E-state index contributed by atoms with van der Waals surface area (Å²) >= 11 is 0. The molecule has 104 valence electrons. The number of furan rings is 1. The summed E-state index contributed by atoms with van der Waals surface area (Å²) in [6, 6.07) is 2.95. The third kappa shape index (κ3) is 2.97. The Balaban J connectivity index is 2.07. The molecule has 2 atom stereocenters. The SMILES string of the molecule is CC1CCCC(N(C)C(=O)c2ccc(C(=O)O)o2)C1. The van der Waals surface area contributed by atoms with E-state index >= 15 is 0 Å². The molecule has 5 heteroatoms. The predicted octanol–water partition coefficient (Wildman–Crippen LogP) is 2.63. The van der Waals surface area contributed by atoms with Crippen molar-refractivity contribution in [3.63, 3.8) is 0 Å². The molecule has 1 aromatic rings. The summed E-state index contributed by atoms with van der Waals surface area (Å²) in [5, 5.41) is 8.78. The smallest absolute Gasteiger partial charge is 0.371 e. The lowest BCUT2D eigenvalue weighted by Crippen LogP contribution is -2.39. The molecule has 19 heavy (non-hydrogen) atoms. The molecular formula is C14H19NO4. The Bertz CT molecular complexity index is 480. The first-order chi connectivity index (χ1) is 8.99. The number of carboxylic acids is 1. The summed E-state index contributed by atoms with van der Waals surface area (Å²) in [6.07, 6.45) is 4.33. The van der Waals surface area contributed by atoms with E-state index in [2.05, 4.69) is 6.92 Å². The third-order valence-corrected chi connectivity index (χ3v) is 3.80. The molecule has 2 rings (SSSR count). The van der Waals surface area contributed by atoms with Gasteiger partial charge in [0, 0.05) is 13.1 Å². The molecule has 1 N–H and O–H groups in total. The maximum absolute atomic E-state index is 12.2. The van der Waals surface area contributed by atoms with Gasteiger partial charge in [0.25, 0.3) is 5.91 Å². The van der Waals surface area contributed by atoms with Crippen molar-refractivity contribution >= 4 is 11.9 Å². The summed E-state index contributed by atoms with van der Waals surface area (Å²) in [6.45, 7) is 2.19. The minimum atomic E-state index is -1.16. The van der Waals surface area contributed by atoms with Crippen molar-refractivity contribution in [2.75, 3.05) is 7.05 Å². The molecule has 0 spiro atoms. The fourth-order valence-electron chi connectivity index (χ4n) is 2.66. The highest BCUT2D eigenvalue weighted by atomic mass is 16.4. The largest absolute Gasteiger partial charge is 0.475 e. The van der Waals surface area contributed by atoms with E-state index in [0.717, 1.165) is 19.3 Å². The molecule has 1 saturated carbocycles. The van der Waals surface area contributed by atoms with Crippen LogP contribution in [0.3, 0.4) is 0 Å². The highest BCUT2D eigenvalue weighted by Crippen LogP contribution is 2.27. The van der Waals surface area contributed by atoms with Crippen LogP contribution in [0, 0.1) is 5.92 Å². The summed E-state index contributed by atoms with van der Waals surface area (Å²) in [4.78, 5) is 24.6. The fourth-order valence-corrected chi connectivity index (χ4v) is 2.66. The number of carbonyl (C=O) groups excluding carboxylic acids is 1. The van der Waals surface area contributed by atoms with E-state index < -0.39 is 5.97 Å². The molecular weight excluding hydrogens is 246 g/mol. The number of carboxylic acid groups (broad SMARTS) is 1. The molecule has 0 radical (unpaired) electrons. The number of hydrogen-bond acceptors (Lipinski definition) is 3. The summed E-state index contributed by atoms with van der Waals surface area (Å²) < 4.78 is 5.05. The van der Waals surface area contributed by atoms with E-state index in [4.69, 9.17) is 9.52 Å². The van der Waals surface area contributed by atoms with Crippen LogP contribution in [-0.2, 0) is 0 Å². The van der Waals surface area contributed by atoms with E-state index in [9.17, 15) is 9.59 Å². The molecule has 2 unspecified atom stereocenters. The number of nitrogens with zero attached hydrogens (tertiary/aromatic N) is 1. The Hall–Kier alpha value is -1.78. The Morgan fingerprint density at radius 1 is 1.32 bits per heavy atom. The Kier molecular flexibility index (Phi) is 3.93. The molecule has 0 bridgehead atoms. The summed E-state index contributed by atoms with van der Waals surface area (Å²) in [7, 11) is 1.76. The topological polar surface area (TPSA) is 70.8 Å². The van der Waals surface area contributed by atoms with Crippen LogP contribution in [0.5, 0.6) is 0 Å². The van der Waals surface area contributed by atoms with Crippen molar-refractivity contribution in [2.45, 2.75) is 38.6 Å². The second-order valence-corrected chi connectivity index (χ2v) is 5.31. The zero-order valence-corrected chi connectivity index (χ0v) is 11.3. The maximum atomic E-state index is 12.2. The van der Waals surface area contributed by atoms with Gasteiger partial charge in [-0.25, -0.2) is 4.79 Å². The number of carbonyl (C=O) groups is 2. The van der Waals surface area contributed by atoms with Gasteiger partial charge in [-0.15, -0.1) is 0 Å². The summed E-state index contributed by atoms with van der Waals surface area (Å²) in [5.74, 6) is -0.883. The van der Waals surface area contributed by atoms with Gasteiger partial charge in [0.2, 0.25) is 5.76 Å². The first-order valence-electron chi connectivity index (χ1n) is 6.59. The van der Waals surface area contributed by atoms with Gasteiger partial charge in [0.15, 0.2) is 5.76 Å². The van der Waals surface area contributed by atoms with Gasteiger partial charge < -0.3 is 14.4 Å². The Labute approximate surface area is 112 Å². The Morgan fingerprint density at radius 2 is 2.00 bits per heavy atom. The van der Waals surface area contributed by atoms with Gasteiger partial charge in [-0.1, -0.05) is 19.8 Å². The van der Waals surface area contributed by atoms with Crippen LogP contribution in [0.15, 0.2) is 16.5 Å². The predicted molar refractivity (Wildman–Crippen MR) is 69.2 cm³/mol. The molecule has 1 fully saturated rings. The lowest BCUT2D eigenvalue weighted by atomic mass is 9.86. The van der Waals surface area contributed by atoms with E-state index in [1.165, 1.54) is 18.6 Å². The lowest BCUT2D eigenvalue weighted by Gasteiger charge is -2.33. The Morgan fingerprint density at radius 3 is 2.58 bits per heavy atom. The van der Waals surface area contributed by atoms with Gasteiger partial charge in [0.1, 0.15) is 0 Å².